The number of rotatable bonds is 6. The molecule has 7 heteroatoms. The first-order valence-electron chi connectivity index (χ1n) is 6.80. The molecular weight excluding hydrogens is 359 g/mol. The molecule has 0 amide bonds. The summed E-state index contributed by atoms with van der Waals surface area (Å²) in [5.74, 6) is 0.327. The molecule has 120 valence electrons. The van der Waals surface area contributed by atoms with Crippen LogP contribution in [0.4, 0.5) is 10.1 Å². The van der Waals surface area contributed by atoms with Crippen LogP contribution in [0.1, 0.15) is 27.7 Å². The van der Waals surface area contributed by atoms with Crippen LogP contribution in [0, 0.1) is 23.6 Å². The van der Waals surface area contributed by atoms with Crippen LogP contribution in [0.15, 0.2) is 21.5 Å². The van der Waals surface area contributed by atoms with E-state index in [4.69, 9.17) is 5.73 Å². The zero-order chi connectivity index (χ0) is 16.4. The average Bonchev–Trinajstić information content (AvgIpc) is 2.32. The molecule has 21 heavy (non-hydrogen) atoms. The van der Waals surface area contributed by atoms with Crippen molar-refractivity contribution in [3.8, 4) is 0 Å². The van der Waals surface area contributed by atoms with Crippen LogP contribution < -0.4 is 10.5 Å². The van der Waals surface area contributed by atoms with Gasteiger partial charge in [-0.3, -0.25) is 0 Å². The second-order valence-corrected chi connectivity index (χ2v) is 8.40. The van der Waals surface area contributed by atoms with Crippen LogP contribution in [0.3, 0.4) is 0 Å². The molecule has 0 unspecified atom stereocenters. The summed E-state index contributed by atoms with van der Waals surface area (Å²) >= 11 is 2.98. The monoisotopic (exact) mass is 380 g/mol. The fourth-order valence-corrected chi connectivity index (χ4v) is 4.01. The number of hydrogen-bond acceptors (Lipinski definition) is 3. The first-order valence-corrected chi connectivity index (χ1v) is 9.08. The number of benzene rings is 1. The number of nitrogens with two attached hydrogens (primary N) is 1. The maximum atomic E-state index is 13.3. The van der Waals surface area contributed by atoms with E-state index in [-0.39, 0.29) is 21.0 Å². The Hall–Kier alpha value is -0.660. The van der Waals surface area contributed by atoms with Gasteiger partial charge in [-0.2, -0.15) is 0 Å². The highest BCUT2D eigenvalue weighted by Crippen LogP contribution is 2.27. The van der Waals surface area contributed by atoms with Crippen LogP contribution in [0.5, 0.6) is 0 Å². The fraction of sp³-hybridized carbons (Fsp3) is 0.571. The number of halogens is 2. The number of nitrogen functional groups attached to an aromatic ring is 1. The Morgan fingerprint density at radius 3 is 2.24 bits per heavy atom. The molecule has 0 atom stereocenters. The van der Waals surface area contributed by atoms with Gasteiger partial charge in [0.2, 0.25) is 10.0 Å². The van der Waals surface area contributed by atoms with Crippen molar-refractivity contribution in [2.24, 2.45) is 17.8 Å². The van der Waals surface area contributed by atoms with Crippen molar-refractivity contribution in [1.29, 1.82) is 0 Å². The van der Waals surface area contributed by atoms with Crippen molar-refractivity contribution in [2.45, 2.75) is 32.6 Å². The normalized spacial score (nSPS) is 12.6. The third-order valence-electron chi connectivity index (χ3n) is 3.56. The summed E-state index contributed by atoms with van der Waals surface area (Å²) in [4.78, 5) is -0.109. The van der Waals surface area contributed by atoms with E-state index >= 15 is 0 Å². The first-order chi connectivity index (χ1) is 9.56. The number of nitrogens with one attached hydrogen (secondary N) is 1. The standard InChI is InChI=1S/C14H22BrFN2O2S/c1-8(2)10(9(3)4)7-18-21(19,20)14-5-11(15)12(16)6-13(14)17/h5-6,8-10,18H,7,17H2,1-4H3. The quantitative estimate of drug-likeness (QED) is 0.742. The number of anilines is 1. The van der Waals surface area contributed by atoms with Crippen LogP contribution in [-0.4, -0.2) is 15.0 Å². The second kappa shape index (κ2) is 7.07. The van der Waals surface area contributed by atoms with E-state index in [1.807, 2.05) is 0 Å². The average molecular weight is 381 g/mol. The fourth-order valence-electron chi connectivity index (χ4n) is 2.30. The lowest BCUT2D eigenvalue weighted by atomic mass is 9.86. The minimum Gasteiger partial charge on any atom is -0.398 e. The highest BCUT2D eigenvalue weighted by Gasteiger charge is 2.23. The molecule has 0 aliphatic rings. The molecule has 0 spiro atoms. The van der Waals surface area contributed by atoms with E-state index in [0.29, 0.717) is 18.4 Å². The van der Waals surface area contributed by atoms with Gasteiger partial charge in [0.1, 0.15) is 10.7 Å². The SMILES string of the molecule is CC(C)C(CNS(=O)(=O)c1cc(Br)c(F)cc1N)C(C)C. The van der Waals surface area contributed by atoms with Crippen LogP contribution in [0.2, 0.25) is 0 Å². The molecule has 0 saturated heterocycles. The molecule has 1 aromatic rings. The molecule has 0 fully saturated rings. The van der Waals surface area contributed by atoms with Crippen molar-refractivity contribution in [1.82, 2.24) is 4.72 Å². The lowest BCUT2D eigenvalue weighted by Gasteiger charge is -2.25. The van der Waals surface area contributed by atoms with Gasteiger partial charge in [0, 0.05) is 6.54 Å². The van der Waals surface area contributed by atoms with E-state index in [1.54, 1.807) is 0 Å². The van der Waals surface area contributed by atoms with E-state index in [0.717, 1.165) is 6.07 Å². The maximum Gasteiger partial charge on any atom is 0.242 e. The number of hydrogen-bond donors (Lipinski definition) is 2. The van der Waals surface area contributed by atoms with E-state index < -0.39 is 15.8 Å². The summed E-state index contributed by atoms with van der Waals surface area (Å²) in [5, 5.41) is 0. The predicted octanol–water partition coefficient (Wildman–Crippen LogP) is 3.38. The van der Waals surface area contributed by atoms with E-state index in [2.05, 4.69) is 48.3 Å². The summed E-state index contributed by atoms with van der Waals surface area (Å²) in [6.07, 6.45) is 0. The molecule has 1 rings (SSSR count). The highest BCUT2D eigenvalue weighted by atomic mass is 79.9. The molecule has 3 N–H and O–H groups in total. The van der Waals surface area contributed by atoms with Crippen LogP contribution in [-0.2, 0) is 10.0 Å². The van der Waals surface area contributed by atoms with Crippen molar-refractivity contribution < 1.29 is 12.8 Å². The van der Waals surface area contributed by atoms with Crippen LogP contribution in [0.25, 0.3) is 0 Å². The Morgan fingerprint density at radius 2 is 1.76 bits per heavy atom. The summed E-state index contributed by atoms with van der Waals surface area (Å²) < 4.78 is 40.6. The molecule has 0 aromatic heterocycles. The third-order valence-corrected chi connectivity index (χ3v) is 5.65. The van der Waals surface area contributed by atoms with Crippen molar-refractivity contribution >= 4 is 31.6 Å². The Balaban J connectivity index is 3.00. The predicted molar refractivity (Wildman–Crippen MR) is 86.9 cm³/mol. The summed E-state index contributed by atoms with van der Waals surface area (Å²) in [6.45, 7) is 8.55. The van der Waals surface area contributed by atoms with Gasteiger partial charge in [-0.15, -0.1) is 0 Å². The molecule has 0 aliphatic carbocycles. The lowest BCUT2D eigenvalue weighted by Crippen LogP contribution is -2.34. The minimum atomic E-state index is -3.76. The smallest absolute Gasteiger partial charge is 0.242 e. The lowest BCUT2D eigenvalue weighted by molar-refractivity contribution is 0.289. The third kappa shape index (κ3) is 4.66. The van der Waals surface area contributed by atoms with Gasteiger partial charge in [-0.25, -0.2) is 17.5 Å². The van der Waals surface area contributed by atoms with Crippen molar-refractivity contribution in [3.05, 3.63) is 22.4 Å². The van der Waals surface area contributed by atoms with Crippen molar-refractivity contribution in [2.75, 3.05) is 12.3 Å². The van der Waals surface area contributed by atoms with E-state index in [9.17, 15) is 12.8 Å². The number of sulfonamides is 1. The maximum absolute atomic E-state index is 13.3. The van der Waals surface area contributed by atoms with Crippen molar-refractivity contribution in [3.63, 3.8) is 0 Å². The zero-order valence-corrected chi connectivity index (χ0v) is 15.1. The highest BCUT2D eigenvalue weighted by molar-refractivity contribution is 9.10. The summed E-state index contributed by atoms with van der Waals surface area (Å²) in [7, 11) is -3.76. The van der Waals surface area contributed by atoms with Gasteiger partial charge in [-0.05, 0) is 45.8 Å². The molecule has 0 aliphatic heterocycles. The molecule has 0 radical (unpaired) electrons. The largest absolute Gasteiger partial charge is 0.398 e. The first kappa shape index (κ1) is 18.4. The summed E-state index contributed by atoms with van der Waals surface area (Å²) in [6, 6.07) is 2.19. The molecular formula is C14H22BrFN2O2S. The zero-order valence-electron chi connectivity index (χ0n) is 12.7. The van der Waals surface area contributed by atoms with Gasteiger partial charge in [0.25, 0.3) is 0 Å². The Bertz CT molecular complexity index is 595. The van der Waals surface area contributed by atoms with Gasteiger partial charge in [-0.1, -0.05) is 27.7 Å². The topological polar surface area (TPSA) is 72.2 Å². The molecule has 1 aromatic carbocycles. The van der Waals surface area contributed by atoms with Crippen LogP contribution >= 0.6 is 15.9 Å². The Morgan fingerprint density at radius 1 is 1.24 bits per heavy atom. The van der Waals surface area contributed by atoms with Gasteiger partial charge in [0.05, 0.1) is 10.2 Å². The molecule has 0 heterocycles. The molecule has 0 saturated carbocycles. The van der Waals surface area contributed by atoms with E-state index in [1.165, 1.54) is 6.07 Å². The van der Waals surface area contributed by atoms with Gasteiger partial charge >= 0.3 is 0 Å². The minimum absolute atomic E-state index is 0.0707. The molecule has 0 bridgehead atoms. The molecule has 4 nitrogen and oxygen atoms in total. The van der Waals surface area contributed by atoms with Gasteiger partial charge < -0.3 is 5.73 Å². The Labute approximate surface area is 134 Å². The van der Waals surface area contributed by atoms with Gasteiger partial charge in [0.15, 0.2) is 0 Å². The Kier molecular flexibility index (Phi) is 6.19. The summed E-state index contributed by atoms with van der Waals surface area (Å²) in [5.41, 5.74) is 5.52. The second-order valence-electron chi connectivity index (χ2n) is 5.81.